The van der Waals surface area contributed by atoms with E-state index in [1.54, 1.807) is 49.4 Å². The molecule has 5 rings (SSSR count). The van der Waals surface area contributed by atoms with Gasteiger partial charge in [0.25, 0.3) is 5.56 Å². The SMILES string of the molecule is CCCC1=C(C(=O)OCC)[C@@H](c2cc(Cl)ccc2OC)n2c(s/c(=C/c3ccc(OCc4ccc(F)cc4)c(Br)c3)c2=O)=N1. The second kappa shape index (κ2) is 13.9. The summed E-state index contributed by atoms with van der Waals surface area (Å²) in [4.78, 5) is 32.8. The Morgan fingerprint density at radius 2 is 1.86 bits per heavy atom. The van der Waals surface area contributed by atoms with E-state index in [1.807, 2.05) is 19.1 Å². The molecule has 228 valence electrons. The number of rotatable bonds is 10. The van der Waals surface area contributed by atoms with E-state index in [-0.39, 0.29) is 24.6 Å². The summed E-state index contributed by atoms with van der Waals surface area (Å²) in [5.41, 5.74) is 2.69. The van der Waals surface area contributed by atoms with Crippen molar-refractivity contribution in [3.63, 3.8) is 0 Å². The number of ether oxygens (including phenoxy) is 3. The van der Waals surface area contributed by atoms with E-state index in [0.717, 1.165) is 17.5 Å². The van der Waals surface area contributed by atoms with Gasteiger partial charge < -0.3 is 14.2 Å². The number of hydrogen-bond acceptors (Lipinski definition) is 7. The van der Waals surface area contributed by atoms with Crippen LogP contribution in [-0.2, 0) is 16.1 Å². The van der Waals surface area contributed by atoms with Gasteiger partial charge in [0.15, 0.2) is 4.80 Å². The molecule has 3 aromatic carbocycles. The third kappa shape index (κ3) is 6.67. The molecule has 0 saturated heterocycles. The number of benzene rings is 3. The lowest BCUT2D eigenvalue weighted by atomic mass is 9.93. The lowest BCUT2D eigenvalue weighted by Crippen LogP contribution is -2.40. The summed E-state index contributed by atoms with van der Waals surface area (Å²) in [6, 6.07) is 15.9. The Morgan fingerprint density at radius 1 is 1.11 bits per heavy atom. The number of halogens is 3. The third-order valence-electron chi connectivity index (χ3n) is 6.94. The zero-order valence-electron chi connectivity index (χ0n) is 24.2. The Balaban J connectivity index is 1.60. The largest absolute Gasteiger partial charge is 0.496 e. The molecule has 0 amide bonds. The van der Waals surface area contributed by atoms with Crippen LogP contribution in [0.5, 0.6) is 11.5 Å². The first kappa shape index (κ1) is 31.7. The summed E-state index contributed by atoms with van der Waals surface area (Å²) in [5, 5.41) is 0.437. The molecular weight excluding hydrogens is 671 g/mol. The smallest absolute Gasteiger partial charge is 0.338 e. The van der Waals surface area contributed by atoms with Gasteiger partial charge in [0.1, 0.15) is 30.0 Å². The van der Waals surface area contributed by atoms with Gasteiger partial charge in [-0.1, -0.05) is 54.5 Å². The minimum Gasteiger partial charge on any atom is -0.496 e. The van der Waals surface area contributed by atoms with Gasteiger partial charge in [0, 0.05) is 10.6 Å². The topological polar surface area (TPSA) is 79.1 Å². The van der Waals surface area contributed by atoms with E-state index in [4.69, 9.17) is 30.8 Å². The molecule has 1 aliphatic rings. The Hall–Kier alpha value is -3.73. The molecule has 0 saturated carbocycles. The van der Waals surface area contributed by atoms with Crippen LogP contribution in [0.3, 0.4) is 0 Å². The van der Waals surface area contributed by atoms with Crippen LogP contribution < -0.4 is 24.4 Å². The third-order valence-corrected chi connectivity index (χ3v) is 8.78. The molecular formula is C33H29BrClFN2O5S. The molecule has 7 nitrogen and oxygen atoms in total. The molecule has 0 fully saturated rings. The highest BCUT2D eigenvalue weighted by atomic mass is 79.9. The summed E-state index contributed by atoms with van der Waals surface area (Å²) < 4.78 is 32.9. The predicted octanol–water partition coefficient (Wildman–Crippen LogP) is 6.72. The van der Waals surface area contributed by atoms with Crippen molar-refractivity contribution in [1.29, 1.82) is 0 Å². The van der Waals surface area contributed by atoms with Gasteiger partial charge in [-0.3, -0.25) is 9.36 Å². The first-order valence-corrected chi connectivity index (χ1v) is 15.9. The highest BCUT2D eigenvalue weighted by molar-refractivity contribution is 9.10. The monoisotopic (exact) mass is 698 g/mol. The van der Waals surface area contributed by atoms with E-state index >= 15 is 0 Å². The normalized spacial score (nSPS) is 14.7. The maximum absolute atomic E-state index is 14.1. The maximum Gasteiger partial charge on any atom is 0.338 e. The minimum atomic E-state index is -0.850. The van der Waals surface area contributed by atoms with Crippen LogP contribution in [0.4, 0.5) is 4.39 Å². The van der Waals surface area contributed by atoms with Crippen LogP contribution in [0, 0.1) is 5.82 Å². The number of fused-ring (bicyclic) bond motifs is 1. The number of methoxy groups -OCH3 is 1. The van der Waals surface area contributed by atoms with Gasteiger partial charge in [-0.25, -0.2) is 14.2 Å². The summed E-state index contributed by atoms with van der Waals surface area (Å²) >= 11 is 11.2. The maximum atomic E-state index is 14.1. The second-order valence-corrected chi connectivity index (χ2v) is 12.2. The van der Waals surface area contributed by atoms with Gasteiger partial charge in [0.05, 0.1) is 34.0 Å². The molecule has 1 aliphatic heterocycles. The number of aromatic nitrogens is 1. The highest BCUT2D eigenvalue weighted by Gasteiger charge is 2.36. The molecule has 0 radical (unpaired) electrons. The van der Waals surface area contributed by atoms with Crippen molar-refractivity contribution >= 4 is 50.9 Å². The van der Waals surface area contributed by atoms with E-state index in [1.165, 1.54) is 35.1 Å². The Bertz CT molecular complexity index is 1920. The van der Waals surface area contributed by atoms with Gasteiger partial charge >= 0.3 is 5.97 Å². The molecule has 44 heavy (non-hydrogen) atoms. The molecule has 4 aromatic rings. The average Bonchev–Trinajstić information content (AvgIpc) is 3.31. The predicted molar refractivity (Wildman–Crippen MR) is 173 cm³/mol. The summed E-state index contributed by atoms with van der Waals surface area (Å²) in [7, 11) is 1.53. The number of hydrogen-bond donors (Lipinski definition) is 0. The fourth-order valence-electron chi connectivity index (χ4n) is 4.95. The van der Waals surface area contributed by atoms with Gasteiger partial charge in [-0.2, -0.15) is 0 Å². The standard InChI is InChI=1S/C33H29BrClFN2O5S/c1-4-6-25-29(32(40)42-5-2)30(23-17-21(35)10-14-26(23)41-3)38-31(39)28(44-33(38)37-25)16-20-9-13-27(24(34)15-20)43-18-19-7-11-22(36)12-8-19/h7-17,30H,4-6,18H2,1-3H3/b28-16+/t30-/m1/s1. The lowest BCUT2D eigenvalue weighted by Gasteiger charge is -2.27. The quantitative estimate of drug-likeness (QED) is 0.172. The Morgan fingerprint density at radius 3 is 2.55 bits per heavy atom. The number of thiazole rings is 1. The number of carbonyl (C=O) groups excluding carboxylic acids is 1. The molecule has 0 spiro atoms. The van der Waals surface area contributed by atoms with E-state index < -0.39 is 12.0 Å². The van der Waals surface area contributed by atoms with Crippen molar-refractivity contribution in [2.45, 2.75) is 39.3 Å². The first-order valence-electron chi connectivity index (χ1n) is 14.0. The van der Waals surface area contributed by atoms with Crippen molar-refractivity contribution in [2.75, 3.05) is 13.7 Å². The molecule has 0 N–H and O–H groups in total. The average molecular weight is 700 g/mol. The number of nitrogens with zero attached hydrogens (tertiary/aromatic N) is 2. The highest BCUT2D eigenvalue weighted by Crippen LogP contribution is 2.38. The number of carbonyl (C=O) groups is 1. The second-order valence-electron chi connectivity index (χ2n) is 9.90. The molecule has 1 atom stereocenters. The fourth-order valence-corrected chi connectivity index (χ4v) is 6.66. The van der Waals surface area contributed by atoms with E-state index in [9.17, 15) is 14.0 Å². The van der Waals surface area contributed by atoms with E-state index in [2.05, 4.69) is 15.9 Å². The molecule has 1 aromatic heterocycles. The first-order chi connectivity index (χ1) is 21.2. The van der Waals surface area contributed by atoms with Crippen molar-refractivity contribution in [2.24, 2.45) is 4.99 Å². The van der Waals surface area contributed by atoms with Gasteiger partial charge in [0.2, 0.25) is 0 Å². The molecule has 0 aliphatic carbocycles. The van der Waals surface area contributed by atoms with Crippen LogP contribution in [0.15, 0.2) is 86.2 Å². The minimum absolute atomic E-state index is 0.171. The summed E-state index contributed by atoms with van der Waals surface area (Å²) in [6.45, 7) is 4.18. The molecule has 11 heteroatoms. The zero-order valence-corrected chi connectivity index (χ0v) is 27.4. The Kier molecular flexibility index (Phi) is 10.0. The van der Waals surface area contributed by atoms with Crippen LogP contribution in [0.25, 0.3) is 6.08 Å². The van der Waals surface area contributed by atoms with Crippen molar-refractivity contribution in [3.8, 4) is 11.5 Å². The lowest BCUT2D eigenvalue weighted by molar-refractivity contribution is -0.139. The molecule has 2 heterocycles. The van der Waals surface area contributed by atoms with Gasteiger partial charge in [-0.15, -0.1) is 0 Å². The van der Waals surface area contributed by atoms with E-state index in [0.29, 0.717) is 53.6 Å². The number of esters is 1. The van der Waals surface area contributed by atoms with Crippen molar-refractivity contribution < 1.29 is 23.4 Å². The molecule has 0 unspecified atom stereocenters. The zero-order chi connectivity index (χ0) is 31.4. The number of allylic oxidation sites excluding steroid dienone is 1. The fraction of sp³-hybridized carbons (Fsp3) is 0.242. The summed E-state index contributed by atoms with van der Waals surface area (Å²) in [5.74, 6) is 0.236. The van der Waals surface area contributed by atoms with Crippen LogP contribution in [-0.4, -0.2) is 24.3 Å². The van der Waals surface area contributed by atoms with Crippen molar-refractivity contribution in [1.82, 2.24) is 4.57 Å². The van der Waals surface area contributed by atoms with Crippen LogP contribution >= 0.6 is 38.9 Å². The Labute approximate surface area is 271 Å². The molecule has 0 bridgehead atoms. The van der Waals surface area contributed by atoms with Crippen LogP contribution in [0.1, 0.15) is 49.4 Å². The van der Waals surface area contributed by atoms with Gasteiger partial charge in [-0.05, 0) is 88.9 Å². The van der Waals surface area contributed by atoms with Crippen molar-refractivity contribution in [3.05, 3.63) is 124 Å². The summed E-state index contributed by atoms with van der Waals surface area (Å²) in [6.07, 6.45) is 3.03. The van der Waals surface area contributed by atoms with Crippen LogP contribution in [0.2, 0.25) is 5.02 Å².